The molecule has 0 radical (unpaired) electrons. The molecule has 0 aliphatic carbocycles. The summed E-state index contributed by atoms with van der Waals surface area (Å²) in [5.74, 6) is -2.44. The Bertz CT molecular complexity index is 1500. The first kappa shape index (κ1) is 28.7. The molecule has 0 unspecified atom stereocenters. The molecule has 40 heavy (non-hydrogen) atoms. The molecule has 0 spiro atoms. The third-order valence-electron chi connectivity index (χ3n) is 8.10. The van der Waals surface area contributed by atoms with Crippen molar-refractivity contribution in [3.8, 4) is 0 Å². The fourth-order valence-electron chi connectivity index (χ4n) is 5.41. The zero-order valence-electron chi connectivity index (χ0n) is 23.7. The van der Waals surface area contributed by atoms with Gasteiger partial charge >= 0.3 is 0 Å². The van der Waals surface area contributed by atoms with Gasteiger partial charge in [0.15, 0.2) is 0 Å². The van der Waals surface area contributed by atoms with E-state index in [1.807, 2.05) is 6.92 Å². The number of likely N-dealkylation sites (tertiary alicyclic amines) is 1. The second-order valence-electron chi connectivity index (χ2n) is 10.5. The summed E-state index contributed by atoms with van der Waals surface area (Å²) in [5.41, 5.74) is 2.01. The summed E-state index contributed by atoms with van der Waals surface area (Å²) in [7, 11) is 3.35. The predicted octanol–water partition coefficient (Wildman–Crippen LogP) is 3.46. The number of hydrogen-bond donors (Lipinski definition) is 2. The Morgan fingerprint density at radius 1 is 1.05 bits per heavy atom. The number of halogens is 1. The Morgan fingerprint density at radius 3 is 2.30 bits per heavy atom. The number of amides is 3. The molecule has 2 N–H and O–H groups in total. The molecule has 1 saturated heterocycles. The maximum absolute atomic E-state index is 13.6. The van der Waals surface area contributed by atoms with Crippen LogP contribution in [0, 0.1) is 26.6 Å². The SMILES string of the molecule is CCC1(NC(=O)C(=O)c2c(C)c(C(=O)Nc3ccc(F)c(C)c3)c(C)n2C)CCN(C(=O)c2ccnn2C)CC1. The van der Waals surface area contributed by atoms with Gasteiger partial charge in [-0.1, -0.05) is 6.92 Å². The zero-order valence-corrected chi connectivity index (χ0v) is 23.7. The number of aromatic nitrogens is 3. The van der Waals surface area contributed by atoms with Crippen molar-refractivity contribution in [1.82, 2.24) is 24.6 Å². The van der Waals surface area contributed by atoms with Crippen LogP contribution in [0.3, 0.4) is 0 Å². The molecule has 1 aromatic carbocycles. The summed E-state index contributed by atoms with van der Waals surface area (Å²) < 4.78 is 16.7. The summed E-state index contributed by atoms with van der Waals surface area (Å²) in [4.78, 5) is 54.5. The average Bonchev–Trinajstić information content (AvgIpc) is 3.45. The van der Waals surface area contributed by atoms with Crippen molar-refractivity contribution < 1.29 is 23.6 Å². The maximum Gasteiger partial charge on any atom is 0.294 e. The Labute approximate surface area is 232 Å². The third kappa shape index (κ3) is 5.28. The summed E-state index contributed by atoms with van der Waals surface area (Å²) in [6, 6.07) is 5.94. The number of ketones is 1. The van der Waals surface area contributed by atoms with Crippen molar-refractivity contribution >= 4 is 29.2 Å². The summed E-state index contributed by atoms with van der Waals surface area (Å²) in [6.07, 6.45) is 3.17. The number of carbonyl (C=O) groups excluding carboxylic acids is 4. The number of rotatable bonds is 7. The molecule has 10 nitrogen and oxygen atoms in total. The predicted molar refractivity (Wildman–Crippen MR) is 148 cm³/mol. The number of carbonyl (C=O) groups is 4. The lowest BCUT2D eigenvalue weighted by Gasteiger charge is -2.41. The van der Waals surface area contributed by atoms with E-state index in [2.05, 4.69) is 15.7 Å². The number of Topliss-reactive ketones (excluding diaryl/α,β-unsaturated/α-hetero) is 1. The Balaban J connectivity index is 1.48. The van der Waals surface area contributed by atoms with Crippen LogP contribution in [-0.4, -0.2) is 61.4 Å². The van der Waals surface area contributed by atoms with Gasteiger partial charge in [0.1, 0.15) is 11.5 Å². The van der Waals surface area contributed by atoms with E-state index in [0.29, 0.717) is 60.6 Å². The molecule has 0 bridgehead atoms. The van der Waals surface area contributed by atoms with Crippen molar-refractivity contribution in [1.29, 1.82) is 0 Å². The van der Waals surface area contributed by atoms with Crippen molar-refractivity contribution in [2.24, 2.45) is 14.1 Å². The Hall–Kier alpha value is -4.28. The first-order valence-corrected chi connectivity index (χ1v) is 13.3. The molecule has 1 aliphatic rings. The highest BCUT2D eigenvalue weighted by Gasteiger charge is 2.39. The van der Waals surface area contributed by atoms with Crippen LogP contribution in [0.25, 0.3) is 0 Å². The Morgan fingerprint density at radius 2 is 1.73 bits per heavy atom. The zero-order chi connectivity index (χ0) is 29.4. The molecule has 11 heteroatoms. The highest BCUT2D eigenvalue weighted by atomic mass is 19.1. The second-order valence-corrected chi connectivity index (χ2v) is 10.5. The van der Waals surface area contributed by atoms with E-state index in [4.69, 9.17) is 0 Å². The van der Waals surface area contributed by atoms with Crippen LogP contribution >= 0.6 is 0 Å². The van der Waals surface area contributed by atoms with Crippen molar-refractivity contribution in [2.75, 3.05) is 18.4 Å². The molecule has 1 aliphatic heterocycles. The van der Waals surface area contributed by atoms with Crippen LogP contribution in [0.4, 0.5) is 10.1 Å². The minimum atomic E-state index is -0.752. The van der Waals surface area contributed by atoms with Crippen LogP contribution in [-0.2, 0) is 18.9 Å². The number of hydrogen-bond acceptors (Lipinski definition) is 5. The van der Waals surface area contributed by atoms with Gasteiger partial charge in [0.2, 0.25) is 0 Å². The summed E-state index contributed by atoms with van der Waals surface area (Å²) in [5, 5.41) is 9.77. The topological polar surface area (TPSA) is 118 Å². The minimum Gasteiger partial charge on any atom is -0.344 e. The van der Waals surface area contributed by atoms with Crippen LogP contribution in [0.15, 0.2) is 30.5 Å². The minimum absolute atomic E-state index is 0.122. The molecule has 3 aromatic rings. The van der Waals surface area contributed by atoms with Gasteiger partial charge in [0.05, 0.1) is 11.3 Å². The molecular weight excluding hydrogens is 515 g/mol. The van der Waals surface area contributed by atoms with E-state index in [0.717, 1.165) is 0 Å². The molecule has 0 saturated carbocycles. The molecule has 3 heterocycles. The number of nitrogens with zero attached hydrogens (tertiary/aromatic N) is 4. The number of anilines is 1. The third-order valence-corrected chi connectivity index (χ3v) is 8.10. The number of aryl methyl sites for hydroxylation is 2. The van der Waals surface area contributed by atoms with Crippen molar-refractivity contribution in [3.05, 3.63) is 70.1 Å². The van der Waals surface area contributed by atoms with Crippen LogP contribution < -0.4 is 10.6 Å². The van der Waals surface area contributed by atoms with Crippen molar-refractivity contribution in [3.63, 3.8) is 0 Å². The lowest BCUT2D eigenvalue weighted by atomic mass is 9.84. The van der Waals surface area contributed by atoms with E-state index in [9.17, 15) is 23.6 Å². The van der Waals surface area contributed by atoms with Gasteiger partial charge in [-0.25, -0.2) is 4.39 Å². The van der Waals surface area contributed by atoms with Gasteiger partial charge in [-0.2, -0.15) is 5.10 Å². The van der Waals surface area contributed by atoms with Gasteiger partial charge in [-0.05, 0) is 75.4 Å². The average molecular weight is 551 g/mol. The smallest absolute Gasteiger partial charge is 0.294 e. The lowest BCUT2D eigenvalue weighted by molar-refractivity contribution is -0.119. The van der Waals surface area contributed by atoms with Gasteiger partial charge in [0, 0.05) is 50.3 Å². The fraction of sp³-hybridized carbons (Fsp3) is 0.414. The molecule has 0 atom stereocenters. The molecule has 4 rings (SSSR count). The van der Waals surface area contributed by atoms with Gasteiger partial charge in [-0.15, -0.1) is 0 Å². The summed E-state index contributed by atoms with van der Waals surface area (Å²) in [6.45, 7) is 7.75. The van der Waals surface area contributed by atoms with E-state index in [-0.39, 0.29) is 23.0 Å². The Kier molecular flexibility index (Phi) is 7.95. The molecule has 2 aromatic heterocycles. The number of benzene rings is 1. The van der Waals surface area contributed by atoms with Gasteiger partial charge < -0.3 is 20.1 Å². The first-order chi connectivity index (χ1) is 18.9. The van der Waals surface area contributed by atoms with Crippen LogP contribution in [0.2, 0.25) is 0 Å². The second kappa shape index (κ2) is 11.1. The van der Waals surface area contributed by atoms with E-state index >= 15 is 0 Å². The normalized spacial score (nSPS) is 14.6. The first-order valence-electron chi connectivity index (χ1n) is 13.3. The largest absolute Gasteiger partial charge is 0.344 e. The number of piperidine rings is 1. The van der Waals surface area contributed by atoms with E-state index in [1.165, 1.54) is 22.9 Å². The highest BCUT2D eigenvalue weighted by molar-refractivity contribution is 6.43. The van der Waals surface area contributed by atoms with Gasteiger partial charge in [-0.3, -0.25) is 23.9 Å². The molecule has 212 valence electrons. The van der Waals surface area contributed by atoms with Crippen LogP contribution in [0.5, 0.6) is 0 Å². The quantitative estimate of drug-likeness (QED) is 0.345. The maximum atomic E-state index is 13.6. The number of nitrogens with one attached hydrogen (secondary N) is 2. The van der Waals surface area contributed by atoms with E-state index < -0.39 is 23.1 Å². The van der Waals surface area contributed by atoms with Gasteiger partial charge in [0.25, 0.3) is 23.5 Å². The molecule has 3 amide bonds. The van der Waals surface area contributed by atoms with E-state index in [1.54, 1.807) is 56.6 Å². The lowest BCUT2D eigenvalue weighted by Crippen LogP contribution is -2.57. The molecular formula is C29H35FN6O4. The summed E-state index contributed by atoms with van der Waals surface area (Å²) >= 11 is 0. The van der Waals surface area contributed by atoms with Crippen LogP contribution in [0.1, 0.15) is 74.3 Å². The monoisotopic (exact) mass is 550 g/mol. The molecule has 1 fully saturated rings. The fourth-order valence-corrected chi connectivity index (χ4v) is 5.41. The standard InChI is InChI=1S/C29H35FN6O4/c1-7-29(11-14-36(15-12-29)28(40)22-10-13-31-35(22)6)33-27(39)25(37)24-18(3)23(19(4)34(24)5)26(38)32-20-8-9-21(30)17(2)16-20/h8-10,13,16H,7,11-12,14-15H2,1-6H3,(H,32,38)(H,33,39). The highest BCUT2D eigenvalue weighted by Crippen LogP contribution is 2.28. The van der Waals surface area contributed by atoms with Crippen molar-refractivity contribution in [2.45, 2.75) is 52.5 Å².